The van der Waals surface area contributed by atoms with Crippen LogP contribution in [0.3, 0.4) is 0 Å². The molecule has 0 saturated carbocycles. The number of rotatable bonds is 4. The van der Waals surface area contributed by atoms with E-state index in [1.54, 1.807) is 23.2 Å². The van der Waals surface area contributed by atoms with Crippen LogP contribution in [0.4, 0.5) is 5.69 Å². The second-order valence-corrected chi connectivity index (χ2v) is 7.41. The zero-order chi connectivity index (χ0) is 17.5. The lowest BCUT2D eigenvalue weighted by molar-refractivity contribution is 0.598. The van der Waals surface area contributed by atoms with Crippen molar-refractivity contribution < 1.29 is 8.42 Å². The predicted molar refractivity (Wildman–Crippen MR) is 91.8 cm³/mol. The maximum Gasteiger partial charge on any atom is 0.281 e. The highest BCUT2D eigenvalue weighted by molar-refractivity contribution is 7.92. The molecule has 0 amide bonds. The fourth-order valence-electron chi connectivity index (χ4n) is 2.44. The summed E-state index contributed by atoms with van der Waals surface area (Å²) in [5.74, 6) is 0. The van der Waals surface area contributed by atoms with Crippen molar-refractivity contribution in [2.24, 2.45) is 7.05 Å². The van der Waals surface area contributed by atoms with Gasteiger partial charge in [-0.05, 0) is 32.9 Å². The van der Waals surface area contributed by atoms with Crippen molar-refractivity contribution in [2.45, 2.75) is 25.8 Å². The van der Waals surface area contributed by atoms with E-state index in [4.69, 9.17) is 0 Å². The molecule has 0 atom stereocenters. The average molecular weight is 345 g/mol. The fraction of sp³-hybridized carbons (Fsp3) is 0.250. The van der Waals surface area contributed by atoms with Gasteiger partial charge in [-0.1, -0.05) is 17.7 Å². The van der Waals surface area contributed by atoms with E-state index in [0.29, 0.717) is 11.4 Å². The van der Waals surface area contributed by atoms with Gasteiger partial charge >= 0.3 is 0 Å². The maximum atomic E-state index is 12.5. The molecular formula is C16H19N5O2S. The van der Waals surface area contributed by atoms with Crippen LogP contribution in [-0.2, 0) is 17.1 Å². The van der Waals surface area contributed by atoms with E-state index < -0.39 is 10.0 Å². The van der Waals surface area contributed by atoms with Crippen molar-refractivity contribution in [3.63, 3.8) is 0 Å². The van der Waals surface area contributed by atoms with Gasteiger partial charge in [-0.3, -0.25) is 4.72 Å². The third-order valence-corrected chi connectivity index (χ3v) is 5.00. The van der Waals surface area contributed by atoms with Gasteiger partial charge in [-0.25, -0.2) is 9.67 Å². The summed E-state index contributed by atoms with van der Waals surface area (Å²) in [6.45, 7) is 5.61. The molecule has 1 aromatic carbocycles. The lowest BCUT2D eigenvalue weighted by Crippen LogP contribution is -2.14. The molecule has 1 N–H and O–H groups in total. The number of hydrogen-bond donors (Lipinski definition) is 1. The number of nitrogens with zero attached hydrogens (tertiary/aromatic N) is 4. The molecule has 0 spiro atoms. The first kappa shape index (κ1) is 16.3. The minimum absolute atomic E-state index is 0.0214. The second-order valence-electron chi connectivity index (χ2n) is 5.78. The lowest BCUT2D eigenvalue weighted by atomic mass is 10.2. The third kappa shape index (κ3) is 2.92. The van der Waals surface area contributed by atoms with Crippen molar-refractivity contribution in [2.75, 3.05) is 4.72 Å². The predicted octanol–water partition coefficient (Wildman–Crippen LogP) is 2.33. The number of benzene rings is 1. The van der Waals surface area contributed by atoms with Crippen LogP contribution in [0.1, 0.15) is 17.0 Å². The normalized spacial score (nSPS) is 11.7. The molecule has 0 unspecified atom stereocenters. The van der Waals surface area contributed by atoms with Crippen LogP contribution in [0.2, 0.25) is 0 Å². The third-order valence-electron chi connectivity index (χ3n) is 3.76. The van der Waals surface area contributed by atoms with Crippen LogP contribution in [0, 0.1) is 20.8 Å². The summed E-state index contributed by atoms with van der Waals surface area (Å²) in [5, 5.41) is 4.44. The number of nitrogens with one attached hydrogen (secondary N) is 1. The SMILES string of the molecule is Cc1ccc(-n2nc(C)c(NS(=O)(=O)c3cn(C)cn3)c2C)cc1. The van der Waals surface area contributed by atoms with Gasteiger partial charge in [0.05, 0.1) is 29.1 Å². The van der Waals surface area contributed by atoms with Crippen LogP contribution >= 0.6 is 0 Å². The molecule has 2 heterocycles. The highest BCUT2D eigenvalue weighted by Crippen LogP contribution is 2.25. The molecule has 3 rings (SSSR count). The Hall–Kier alpha value is -2.61. The van der Waals surface area contributed by atoms with Crippen LogP contribution in [0.25, 0.3) is 5.69 Å². The zero-order valence-corrected chi connectivity index (χ0v) is 14.8. The summed E-state index contributed by atoms with van der Waals surface area (Å²) in [4.78, 5) is 3.90. The number of sulfonamides is 1. The summed E-state index contributed by atoms with van der Waals surface area (Å²) in [6.07, 6.45) is 2.90. The summed E-state index contributed by atoms with van der Waals surface area (Å²) in [5.41, 5.74) is 3.82. The van der Waals surface area contributed by atoms with Gasteiger partial charge in [-0.2, -0.15) is 13.5 Å². The maximum absolute atomic E-state index is 12.5. The monoisotopic (exact) mass is 345 g/mol. The standard InChI is InChI=1S/C16H19N5O2S/c1-11-5-7-14(8-6-11)21-13(3)16(12(2)18-21)19-24(22,23)15-9-20(4)10-17-15/h5-10,19H,1-4H3. The molecule has 126 valence electrons. The van der Waals surface area contributed by atoms with E-state index >= 15 is 0 Å². The van der Waals surface area contributed by atoms with Gasteiger partial charge < -0.3 is 4.57 Å². The molecule has 3 aromatic rings. The molecular weight excluding hydrogens is 326 g/mol. The topological polar surface area (TPSA) is 81.8 Å². The van der Waals surface area contributed by atoms with Crippen molar-refractivity contribution in [3.05, 3.63) is 53.7 Å². The van der Waals surface area contributed by atoms with Crippen LogP contribution in [0.15, 0.2) is 41.8 Å². The van der Waals surface area contributed by atoms with Crippen molar-refractivity contribution in [1.82, 2.24) is 19.3 Å². The van der Waals surface area contributed by atoms with E-state index in [1.165, 1.54) is 12.5 Å². The Morgan fingerprint density at radius 1 is 1.08 bits per heavy atom. The summed E-state index contributed by atoms with van der Waals surface area (Å²) in [7, 11) is -2.03. The largest absolute Gasteiger partial charge is 0.339 e. The van der Waals surface area contributed by atoms with Gasteiger partial charge in [0, 0.05) is 13.2 Å². The lowest BCUT2D eigenvalue weighted by Gasteiger charge is -2.08. The summed E-state index contributed by atoms with van der Waals surface area (Å²) in [6, 6.07) is 7.88. The summed E-state index contributed by atoms with van der Waals surface area (Å²) >= 11 is 0. The van der Waals surface area contributed by atoms with E-state index in [2.05, 4.69) is 14.8 Å². The fourth-order valence-corrected chi connectivity index (χ4v) is 3.60. The van der Waals surface area contributed by atoms with E-state index in [0.717, 1.165) is 16.9 Å². The van der Waals surface area contributed by atoms with Gasteiger partial charge in [0.2, 0.25) is 0 Å². The Morgan fingerprint density at radius 3 is 2.33 bits per heavy atom. The first-order chi connectivity index (χ1) is 11.3. The Morgan fingerprint density at radius 2 is 1.75 bits per heavy atom. The average Bonchev–Trinajstić information content (AvgIpc) is 3.07. The van der Waals surface area contributed by atoms with Gasteiger partial charge in [-0.15, -0.1) is 0 Å². The van der Waals surface area contributed by atoms with E-state index in [1.807, 2.05) is 38.1 Å². The quantitative estimate of drug-likeness (QED) is 0.787. The van der Waals surface area contributed by atoms with Crippen LogP contribution in [-0.4, -0.2) is 27.7 Å². The number of hydrogen-bond acceptors (Lipinski definition) is 4. The van der Waals surface area contributed by atoms with Gasteiger partial charge in [0.15, 0.2) is 5.03 Å². The van der Waals surface area contributed by atoms with Crippen LogP contribution in [0.5, 0.6) is 0 Å². The van der Waals surface area contributed by atoms with E-state index in [-0.39, 0.29) is 5.03 Å². The number of imidazole rings is 1. The Labute approximate surface area is 141 Å². The summed E-state index contributed by atoms with van der Waals surface area (Å²) < 4.78 is 30.9. The van der Waals surface area contributed by atoms with Crippen LogP contribution < -0.4 is 4.72 Å². The van der Waals surface area contributed by atoms with Crippen molar-refractivity contribution in [3.8, 4) is 5.69 Å². The molecule has 0 saturated heterocycles. The van der Waals surface area contributed by atoms with Crippen molar-refractivity contribution in [1.29, 1.82) is 0 Å². The highest BCUT2D eigenvalue weighted by atomic mass is 32.2. The molecule has 2 aromatic heterocycles. The number of aromatic nitrogens is 4. The first-order valence-electron chi connectivity index (χ1n) is 7.42. The number of aryl methyl sites for hydroxylation is 3. The Kier molecular flexibility index (Phi) is 3.92. The molecule has 7 nitrogen and oxygen atoms in total. The molecule has 0 aliphatic heterocycles. The molecule has 0 bridgehead atoms. The molecule has 0 aliphatic carbocycles. The Balaban J connectivity index is 1.99. The van der Waals surface area contributed by atoms with Crippen molar-refractivity contribution >= 4 is 15.7 Å². The Bertz CT molecular complexity index is 984. The minimum Gasteiger partial charge on any atom is -0.339 e. The van der Waals surface area contributed by atoms with Gasteiger partial charge in [0.25, 0.3) is 10.0 Å². The second kappa shape index (κ2) is 5.79. The van der Waals surface area contributed by atoms with E-state index in [9.17, 15) is 8.42 Å². The van der Waals surface area contributed by atoms with Gasteiger partial charge in [0.1, 0.15) is 0 Å². The molecule has 8 heteroatoms. The molecule has 0 radical (unpaired) electrons. The number of anilines is 1. The molecule has 0 fully saturated rings. The first-order valence-corrected chi connectivity index (χ1v) is 8.90. The minimum atomic E-state index is -3.75. The molecule has 0 aliphatic rings. The zero-order valence-electron chi connectivity index (χ0n) is 14.0. The molecule has 24 heavy (non-hydrogen) atoms. The highest BCUT2D eigenvalue weighted by Gasteiger charge is 2.22. The smallest absolute Gasteiger partial charge is 0.281 e.